The summed E-state index contributed by atoms with van der Waals surface area (Å²) in [6.07, 6.45) is 3.12. The fraction of sp³-hybridized carbons (Fsp3) is 0.364. The number of aryl methyl sites for hydroxylation is 1. The molecular weight excluding hydrogens is 382 g/mol. The number of carbonyl (C=O) groups excluding carboxylic acids is 1. The van der Waals surface area contributed by atoms with Gasteiger partial charge in [-0.3, -0.25) is 0 Å². The van der Waals surface area contributed by atoms with Crippen molar-refractivity contribution in [1.82, 2.24) is 20.0 Å². The zero-order valence-electron chi connectivity index (χ0n) is 17.2. The Labute approximate surface area is 175 Å². The SMILES string of the molecule is CCOC(=O)N1CCC(Nc2nccc(-c3c(C)noc3-c3ccccc3)n2)CC1. The third-order valence-electron chi connectivity index (χ3n) is 5.16. The predicted molar refractivity (Wildman–Crippen MR) is 113 cm³/mol. The average molecular weight is 407 g/mol. The summed E-state index contributed by atoms with van der Waals surface area (Å²) >= 11 is 0. The van der Waals surface area contributed by atoms with Gasteiger partial charge in [0.25, 0.3) is 0 Å². The van der Waals surface area contributed by atoms with Crippen molar-refractivity contribution in [3.63, 3.8) is 0 Å². The van der Waals surface area contributed by atoms with Crippen molar-refractivity contribution in [1.29, 1.82) is 0 Å². The molecule has 0 unspecified atom stereocenters. The minimum absolute atomic E-state index is 0.197. The summed E-state index contributed by atoms with van der Waals surface area (Å²) in [4.78, 5) is 22.7. The molecule has 1 saturated heterocycles. The van der Waals surface area contributed by atoms with Crippen LogP contribution in [0.2, 0.25) is 0 Å². The van der Waals surface area contributed by atoms with Gasteiger partial charge in [0.15, 0.2) is 5.76 Å². The van der Waals surface area contributed by atoms with Crippen LogP contribution < -0.4 is 5.32 Å². The number of amides is 1. The third-order valence-corrected chi connectivity index (χ3v) is 5.16. The zero-order valence-corrected chi connectivity index (χ0v) is 17.2. The van der Waals surface area contributed by atoms with Crippen molar-refractivity contribution in [2.45, 2.75) is 32.7 Å². The molecule has 2 aromatic heterocycles. The molecule has 3 aromatic rings. The molecule has 0 spiro atoms. The smallest absolute Gasteiger partial charge is 0.409 e. The zero-order chi connectivity index (χ0) is 20.9. The molecule has 0 radical (unpaired) electrons. The highest BCUT2D eigenvalue weighted by molar-refractivity contribution is 5.79. The van der Waals surface area contributed by atoms with Gasteiger partial charge in [-0.1, -0.05) is 35.5 Å². The van der Waals surface area contributed by atoms with Gasteiger partial charge >= 0.3 is 6.09 Å². The lowest BCUT2D eigenvalue weighted by molar-refractivity contribution is 0.0983. The lowest BCUT2D eigenvalue weighted by Gasteiger charge is -2.31. The monoisotopic (exact) mass is 407 g/mol. The molecule has 1 N–H and O–H groups in total. The Morgan fingerprint density at radius 2 is 2.00 bits per heavy atom. The summed E-state index contributed by atoms with van der Waals surface area (Å²) in [5, 5.41) is 7.55. The number of ether oxygens (including phenoxy) is 1. The van der Waals surface area contributed by atoms with Gasteiger partial charge in [0.05, 0.1) is 23.6 Å². The number of anilines is 1. The highest BCUT2D eigenvalue weighted by Gasteiger charge is 2.24. The number of nitrogens with zero attached hydrogens (tertiary/aromatic N) is 4. The van der Waals surface area contributed by atoms with Crippen molar-refractivity contribution < 1.29 is 14.1 Å². The minimum atomic E-state index is -0.245. The normalized spacial score (nSPS) is 14.5. The quantitative estimate of drug-likeness (QED) is 0.679. The maximum Gasteiger partial charge on any atom is 0.409 e. The number of piperidine rings is 1. The summed E-state index contributed by atoms with van der Waals surface area (Å²) in [6, 6.07) is 11.9. The van der Waals surface area contributed by atoms with E-state index in [9.17, 15) is 4.79 Å². The second-order valence-corrected chi connectivity index (χ2v) is 7.21. The third kappa shape index (κ3) is 4.27. The molecule has 8 nitrogen and oxygen atoms in total. The first kappa shape index (κ1) is 19.9. The van der Waals surface area contributed by atoms with Crippen LogP contribution in [0.4, 0.5) is 10.7 Å². The Morgan fingerprint density at radius 3 is 2.73 bits per heavy atom. The van der Waals surface area contributed by atoms with Crippen molar-refractivity contribution in [3.8, 4) is 22.6 Å². The molecule has 1 fully saturated rings. The lowest BCUT2D eigenvalue weighted by atomic mass is 10.0. The van der Waals surface area contributed by atoms with E-state index in [-0.39, 0.29) is 12.1 Å². The molecule has 4 rings (SSSR count). The van der Waals surface area contributed by atoms with E-state index in [1.54, 1.807) is 11.1 Å². The van der Waals surface area contributed by atoms with Crippen LogP contribution in [0.15, 0.2) is 47.1 Å². The molecule has 0 bridgehead atoms. The first-order valence-corrected chi connectivity index (χ1v) is 10.2. The first-order chi connectivity index (χ1) is 14.7. The highest BCUT2D eigenvalue weighted by atomic mass is 16.6. The molecule has 3 heterocycles. The van der Waals surface area contributed by atoms with E-state index in [4.69, 9.17) is 14.2 Å². The van der Waals surface area contributed by atoms with Gasteiger partial charge in [-0.05, 0) is 32.8 Å². The Bertz CT molecular complexity index is 997. The number of likely N-dealkylation sites (tertiary alicyclic amines) is 1. The second kappa shape index (κ2) is 8.94. The van der Waals surface area contributed by atoms with Crippen LogP contribution in [-0.2, 0) is 4.74 Å². The van der Waals surface area contributed by atoms with Crippen molar-refractivity contribution >= 4 is 12.0 Å². The Kier molecular flexibility index (Phi) is 5.92. The summed E-state index contributed by atoms with van der Waals surface area (Å²) in [5.74, 6) is 1.25. The van der Waals surface area contributed by atoms with Gasteiger partial charge < -0.3 is 19.5 Å². The van der Waals surface area contributed by atoms with E-state index in [0.29, 0.717) is 31.4 Å². The number of nitrogens with one attached hydrogen (secondary N) is 1. The molecule has 156 valence electrons. The molecule has 0 aliphatic carbocycles. The molecule has 0 saturated carbocycles. The lowest BCUT2D eigenvalue weighted by Crippen LogP contribution is -2.42. The van der Waals surface area contributed by atoms with Crippen molar-refractivity contribution in [2.75, 3.05) is 25.0 Å². The minimum Gasteiger partial charge on any atom is -0.450 e. The maximum absolute atomic E-state index is 11.9. The molecule has 1 aliphatic rings. The molecule has 0 atom stereocenters. The van der Waals surface area contributed by atoms with Crippen LogP contribution in [0, 0.1) is 6.92 Å². The largest absolute Gasteiger partial charge is 0.450 e. The van der Waals surface area contributed by atoms with Gasteiger partial charge in [-0.15, -0.1) is 0 Å². The Hall–Kier alpha value is -3.42. The first-order valence-electron chi connectivity index (χ1n) is 10.2. The van der Waals surface area contributed by atoms with Gasteiger partial charge in [0.1, 0.15) is 0 Å². The number of hydrogen-bond acceptors (Lipinski definition) is 7. The van der Waals surface area contributed by atoms with Crippen LogP contribution >= 0.6 is 0 Å². The fourth-order valence-corrected chi connectivity index (χ4v) is 3.63. The van der Waals surface area contributed by atoms with Crippen LogP contribution in [-0.4, -0.2) is 51.9 Å². The van der Waals surface area contributed by atoms with E-state index < -0.39 is 0 Å². The molecule has 1 amide bonds. The number of rotatable bonds is 5. The van der Waals surface area contributed by atoms with E-state index in [1.165, 1.54) is 0 Å². The van der Waals surface area contributed by atoms with E-state index in [1.807, 2.05) is 50.2 Å². The number of benzene rings is 1. The summed E-state index contributed by atoms with van der Waals surface area (Å²) in [7, 11) is 0. The summed E-state index contributed by atoms with van der Waals surface area (Å²) < 4.78 is 10.7. The van der Waals surface area contributed by atoms with Gasteiger partial charge in [-0.2, -0.15) is 0 Å². The van der Waals surface area contributed by atoms with E-state index >= 15 is 0 Å². The van der Waals surface area contributed by atoms with Crippen LogP contribution in [0.5, 0.6) is 0 Å². The van der Waals surface area contributed by atoms with Crippen molar-refractivity contribution in [3.05, 3.63) is 48.3 Å². The molecule has 30 heavy (non-hydrogen) atoms. The van der Waals surface area contributed by atoms with E-state index in [2.05, 4.69) is 15.5 Å². The molecular formula is C22H25N5O3. The van der Waals surface area contributed by atoms with Gasteiger partial charge in [0.2, 0.25) is 5.95 Å². The summed E-state index contributed by atoms with van der Waals surface area (Å²) in [5.41, 5.74) is 3.35. The number of hydrogen-bond donors (Lipinski definition) is 1. The Balaban J connectivity index is 1.49. The molecule has 1 aromatic carbocycles. The maximum atomic E-state index is 11.9. The molecule has 8 heteroatoms. The second-order valence-electron chi connectivity index (χ2n) is 7.21. The fourth-order valence-electron chi connectivity index (χ4n) is 3.63. The van der Waals surface area contributed by atoms with Crippen LogP contribution in [0.25, 0.3) is 22.6 Å². The van der Waals surface area contributed by atoms with Gasteiger partial charge in [0, 0.05) is 30.9 Å². The van der Waals surface area contributed by atoms with Crippen molar-refractivity contribution in [2.24, 2.45) is 0 Å². The predicted octanol–water partition coefficient (Wildman–Crippen LogP) is 4.14. The van der Waals surface area contributed by atoms with Gasteiger partial charge in [-0.25, -0.2) is 14.8 Å². The van der Waals surface area contributed by atoms with Crippen LogP contribution in [0.3, 0.4) is 0 Å². The van der Waals surface area contributed by atoms with E-state index in [0.717, 1.165) is 35.4 Å². The summed E-state index contributed by atoms with van der Waals surface area (Å²) in [6.45, 7) is 5.42. The average Bonchev–Trinajstić information content (AvgIpc) is 3.17. The Morgan fingerprint density at radius 1 is 1.23 bits per heavy atom. The number of aromatic nitrogens is 3. The standard InChI is InChI=1S/C22H25N5O3/c1-3-29-22(28)27-13-10-17(11-14-27)24-21-23-12-9-18(25-21)19-15(2)26-30-20(19)16-7-5-4-6-8-16/h4-9,12,17H,3,10-11,13-14H2,1-2H3,(H,23,24,25). The van der Waals surface area contributed by atoms with Crippen LogP contribution in [0.1, 0.15) is 25.5 Å². The highest BCUT2D eigenvalue weighted by Crippen LogP contribution is 2.34. The number of carbonyl (C=O) groups is 1. The molecule has 1 aliphatic heterocycles. The topological polar surface area (TPSA) is 93.4 Å².